The van der Waals surface area contributed by atoms with Crippen molar-refractivity contribution in [3.05, 3.63) is 68.1 Å². The molecular weight excluding hydrogens is 422 g/mol. The number of nitro groups is 1. The number of nitro benzene ring substituents is 1. The van der Waals surface area contributed by atoms with Crippen LogP contribution in [0.15, 0.2) is 47.4 Å². The number of aromatic hydroxyl groups is 1. The van der Waals surface area contributed by atoms with Crippen LogP contribution in [0.5, 0.6) is 5.75 Å². The van der Waals surface area contributed by atoms with Gasteiger partial charge in [0, 0.05) is 16.8 Å². The molecule has 3 rings (SSSR count). The Balaban J connectivity index is 1.73. The number of thioether (sulfide) groups is 1. The summed E-state index contributed by atoms with van der Waals surface area (Å²) in [4.78, 5) is 47.7. The summed E-state index contributed by atoms with van der Waals surface area (Å²) in [6.07, 6.45) is 1.29. The van der Waals surface area contributed by atoms with Gasteiger partial charge in [0.2, 0.25) is 5.91 Å². The Kier molecular flexibility index (Phi) is 5.85. The summed E-state index contributed by atoms with van der Waals surface area (Å²) in [7, 11) is 0. The van der Waals surface area contributed by atoms with E-state index in [2.05, 4.69) is 5.32 Å². The first-order valence-corrected chi connectivity index (χ1v) is 9.22. The fourth-order valence-corrected chi connectivity index (χ4v) is 3.41. The number of halogens is 1. The van der Waals surface area contributed by atoms with E-state index in [9.17, 15) is 29.6 Å². The van der Waals surface area contributed by atoms with Gasteiger partial charge in [-0.05, 0) is 53.7 Å². The number of benzene rings is 2. The Hall–Kier alpha value is -3.37. The Labute approximate surface area is 173 Å². The van der Waals surface area contributed by atoms with Crippen molar-refractivity contribution in [3.63, 3.8) is 0 Å². The van der Waals surface area contributed by atoms with Crippen molar-refractivity contribution in [2.75, 3.05) is 11.9 Å². The largest absolute Gasteiger partial charge is 0.502 e. The van der Waals surface area contributed by atoms with Gasteiger partial charge in [0.1, 0.15) is 6.54 Å². The fraction of sp³-hybridized carbons (Fsp3) is 0.0556. The number of nitrogens with zero attached hydrogens (tertiary/aromatic N) is 2. The van der Waals surface area contributed by atoms with Crippen LogP contribution in [-0.4, -0.2) is 38.5 Å². The predicted octanol–water partition coefficient (Wildman–Crippen LogP) is 3.63. The average Bonchev–Trinajstić information content (AvgIpc) is 2.92. The van der Waals surface area contributed by atoms with E-state index < -0.39 is 40.0 Å². The van der Waals surface area contributed by atoms with Gasteiger partial charge in [0.05, 0.1) is 9.83 Å². The molecule has 2 N–H and O–H groups in total. The molecule has 1 fully saturated rings. The van der Waals surface area contributed by atoms with E-state index in [0.29, 0.717) is 22.5 Å². The first-order chi connectivity index (χ1) is 13.7. The summed E-state index contributed by atoms with van der Waals surface area (Å²) in [5.41, 5.74) is 0.184. The molecule has 0 radical (unpaired) electrons. The maximum atomic E-state index is 12.5. The third-order valence-corrected chi connectivity index (χ3v) is 4.96. The van der Waals surface area contributed by atoms with Crippen LogP contribution in [0.1, 0.15) is 5.56 Å². The minimum Gasteiger partial charge on any atom is -0.502 e. The second-order valence-corrected chi connectivity index (χ2v) is 7.26. The van der Waals surface area contributed by atoms with E-state index >= 15 is 0 Å². The Morgan fingerprint density at radius 1 is 1.24 bits per heavy atom. The van der Waals surface area contributed by atoms with E-state index in [4.69, 9.17) is 11.6 Å². The lowest BCUT2D eigenvalue weighted by Crippen LogP contribution is -2.36. The number of amides is 3. The molecular formula is C18H12ClN3O6S. The molecule has 0 bridgehead atoms. The molecule has 2 aromatic rings. The highest BCUT2D eigenvalue weighted by molar-refractivity contribution is 8.18. The molecule has 29 heavy (non-hydrogen) atoms. The van der Waals surface area contributed by atoms with Gasteiger partial charge in [-0.1, -0.05) is 17.7 Å². The number of carbonyl (C=O) groups is 3. The molecule has 2 aromatic carbocycles. The highest BCUT2D eigenvalue weighted by atomic mass is 35.5. The Morgan fingerprint density at radius 2 is 1.93 bits per heavy atom. The first kappa shape index (κ1) is 20.4. The number of anilines is 1. The lowest BCUT2D eigenvalue weighted by Gasteiger charge is -2.12. The number of phenolic OH excluding ortho intramolecular Hbond substituents is 1. The van der Waals surface area contributed by atoms with Gasteiger partial charge in [-0.15, -0.1) is 0 Å². The van der Waals surface area contributed by atoms with Gasteiger partial charge < -0.3 is 10.4 Å². The number of carbonyl (C=O) groups excluding carboxylic acids is 3. The second-order valence-electron chi connectivity index (χ2n) is 5.83. The van der Waals surface area contributed by atoms with Crippen molar-refractivity contribution >= 4 is 57.9 Å². The number of phenols is 1. The van der Waals surface area contributed by atoms with Crippen molar-refractivity contribution in [3.8, 4) is 5.75 Å². The lowest BCUT2D eigenvalue weighted by molar-refractivity contribution is -0.385. The Bertz CT molecular complexity index is 1050. The highest BCUT2D eigenvalue weighted by Crippen LogP contribution is 2.34. The standard InChI is InChI=1S/C18H12ClN3O6S/c19-11-2-4-12(5-3-11)20-16(24)9-21-17(25)15(29-18(21)26)8-10-1-6-14(23)13(7-10)22(27)28/h1-8,23H,9H2,(H,20,24)/b15-8-. The van der Waals surface area contributed by atoms with Gasteiger partial charge in [0.25, 0.3) is 11.1 Å². The van der Waals surface area contributed by atoms with Gasteiger partial charge >= 0.3 is 5.69 Å². The van der Waals surface area contributed by atoms with Crippen molar-refractivity contribution in [1.29, 1.82) is 0 Å². The van der Waals surface area contributed by atoms with Gasteiger partial charge in [-0.3, -0.25) is 29.4 Å². The topological polar surface area (TPSA) is 130 Å². The number of imide groups is 1. The molecule has 1 heterocycles. The van der Waals surface area contributed by atoms with Crippen LogP contribution >= 0.6 is 23.4 Å². The molecule has 0 atom stereocenters. The smallest absolute Gasteiger partial charge is 0.311 e. The maximum Gasteiger partial charge on any atom is 0.311 e. The third kappa shape index (κ3) is 4.73. The van der Waals surface area contributed by atoms with Crippen LogP contribution in [0, 0.1) is 10.1 Å². The van der Waals surface area contributed by atoms with Crippen molar-refractivity contribution < 1.29 is 24.4 Å². The monoisotopic (exact) mass is 433 g/mol. The molecule has 9 nitrogen and oxygen atoms in total. The van der Waals surface area contributed by atoms with E-state index in [-0.39, 0.29) is 10.5 Å². The second kappa shape index (κ2) is 8.33. The lowest BCUT2D eigenvalue weighted by atomic mass is 10.1. The molecule has 0 saturated carbocycles. The zero-order valence-electron chi connectivity index (χ0n) is 14.5. The van der Waals surface area contributed by atoms with Crippen LogP contribution in [0.3, 0.4) is 0 Å². The molecule has 0 aromatic heterocycles. The number of hydrogen-bond donors (Lipinski definition) is 2. The van der Waals surface area contributed by atoms with Gasteiger partial charge in [-0.2, -0.15) is 0 Å². The van der Waals surface area contributed by atoms with Crippen LogP contribution in [0.2, 0.25) is 5.02 Å². The van der Waals surface area contributed by atoms with Crippen LogP contribution in [0.4, 0.5) is 16.2 Å². The molecule has 148 valence electrons. The zero-order valence-corrected chi connectivity index (χ0v) is 16.1. The molecule has 1 aliphatic rings. The summed E-state index contributed by atoms with van der Waals surface area (Å²) in [6, 6.07) is 9.87. The predicted molar refractivity (Wildman–Crippen MR) is 108 cm³/mol. The van der Waals surface area contributed by atoms with Crippen molar-refractivity contribution in [1.82, 2.24) is 4.90 Å². The summed E-state index contributed by atoms with van der Waals surface area (Å²) in [5, 5.41) is 22.8. The number of rotatable bonds is 5. The SMILES string of the molecule is O=C(CN1C(=O)S/C(=C\c2ccc(O)c([N+](=O)[O-])c2)C1=O)Nc1ccc(Cl)cc1. The first-order valence-electron chi connectivity index (χ1n) is 8.03. The normalized spacial score (nSPS) is 15.1. The summed E-state index contributed by atoms with van der Waals surface area (Å²) >= 11 is 6.39. The maximum absolute atomic E-state index is 12.5. The Morgan fingerprint density at radius 3 is 2.59 bits per heavy atom. The van der Waals surface area contributed by atoms with E-state index in [1.165, 1.54) is 12.1 Å². The van der Waals surface area contributed by atoms with Crippen molar-refractivity contribution in [2.45, 2.75) is 0 Å². The van der Waals surface area contributed by atoms with Crippen LogP contribution in [0.25, 0.3) is 6.08 Å². The van der Waals surface area contributed by atoms with Crippen molar-refractivity contribution in [2.24, 2.45) is 0 Å². The van der Waals surface area contributed by atoms with Gasteiger partial charge in [0.15, 0.2) is 5.75 Å². The fourth-order valence-electron chi connectivity index (χ4n) is 2.44. The molecule has 0 spiro atoms. The summed E-state index contributed by atoms with van der Waals surface area (Å²) < 4.78 is 0. The number of nitrogens with one attached hydrogen (secondary N) is 1. The summed E-state index contributed by atoms with van der Waals surface area (Å²) in [5.74, 6) is -1.78. The van der Waals surface area contributed by atoms with Crippen LogP contribution in [-0.2, 0) is 9.59 Å². The number of hydrogen-bond acceptors (Lipinski definition) is 7. The summed E-state index contributed by atoms with van der Waals surface area (Å²) in [6.45, 7) is -0.486. The molecule has 1 saturated heterocycles. The molecule has 0 unspecified atom stereocenters. The molecule has 0 aliphatic carbocycles. The average molecular weight is 434 g/mol. The quantitative estimate of drug-likeness (QED) is 0.418. The minimum atomic E-state index is -0.764. The minimum absolute atomic E-state index is 0.00859. The van der Waals surface area contributed by atoms with E-state index in [1.54, 1.807) is 24.3 Å². The van der Waals surface area contributed by atoms with Gasteiger partial charge in [-0.25, -0.2) is 0 Å². The zero-order chi connectivity index (χ0) is 21.1. The van der Waals surface area contributed by atoms with E-state index in [0.717, 1.165) is 17.0 Å². The van der Waals surface area contributed by atoms with E-state index in [1.807, 2.05) is 0 Å². The third-order valence-electron chi connectivity index (χ3n) is 3.80. The van der Waals surface area contributed by atoms with Crippen LogP contribution < -0.4 is 5.32 Å². The molecule has 3 amide bonds. The molecule has 11 heteroatoms. The highest BCUT2D eigenvalue weighted by Gasteiger charge is 2.36. The molecule has 1 aliphatic heterocycles.